The van der Waals surface area contributed by atoms with Crippen LogP contribution in [0.1, 0.15) is 11.1 Å². The highest BCUT2D eigenvalue weighted by atomic mass is 35.5. The number of carboxylic acid groups (broad SMARTS) is 1. The summed E-state index contributed by atoms with van der Waals surface area (Å²) in [4.78, 5) is 11.1. The molecule has 0 spiro atoms. The van der Waals surface area contributed by atoms with Crippen molar-refractivity contribution in [3.8, 4) is 16.9 Å². The highest BCUT2D eigenvalue weighted by molar-refractivity contribution is 6.42. The fourth-order valence-electron chi connectivity index (χ4n) is 2.60. The van der Waals surface area contributed by atoms with Crippen LogP contribution in [0, 0.1) is 0 Å². The van der Waals surface area contributed by atoms with Gasteiger partial charge in [-0.15, -0.1) is 0 Å². The predicted octanol–water partition coefficient (Wildman–Crippen LogP) is 5.87. The first-order valence-electron chi connectivity index (χ1n) is 7.99. The Morgan fingerprint density at radius 1 is 0.846 bits per heavy atom. The number of hydrogen-bond acceptors (Lipinski definition) is 2. The fraction of sp³-hybridized carbons (Fsp3) is 0.0952. The number of aliphatic carboxylic acids is 1. The lowest BCUT2D eigenvalue weighted by Crippen LogP contribution is -2.02. The second kappa shape index (κ2) is 8.26. The van der Waals surface area contributed by atoms with E-state index < -0.39 is 5.97 Å². The zero-order valence-corrected chi connectivity index (χ0v) is 15.3. The van der Waals surface area contributed by atoms with Crippen molar-refractivity contribution in [2.75, 3.05) is 0 Å². The van der Waals surface area contributed by atoms with Crippen LogP contribution >= 0.6 is 23.2 Å². The Kier molecular flexibility index (Phi) is 5.82. The molecule has 0 aliphatic carbocycles. The molecule has 0 amide bonds. The van der Waals surface area contributed by atoms with Gasteiger partial charge in [0.15, 0.2) is 0 Å². The zero-order valence-electron chi connectivity index (χ0n) is 13.8. The summed E-state index contributed by atoms with van der Waals surface area (Å²) in [5.41, 5.74) is 3.36. The van der Waals surface area contributed by atoms with Gasteiger partial charge in [-0.1, -0.05) is 65.7 Å². The lowest BCUT2D eigenvalue weighted by Gasteiger charge is -2.12. The number of ether oxygens (including phenoxy) is 1. The van der Waals surface area contributed by atoms with E-state index in [1.165, 1.54) is 0 Å². The summed E-state index contributed by atoms with van der Waals surface area (Å²) in [7, 11) is 0. The molecule has 5 heteroatoms. The molecule has 0 radical (unpaired) electrons. The Bertz CT molecular complexity index is 924. The van der Waals surface area contributed by atoms with Gasteiger partial charge in [0.25, 0.3) is 0 Å². The molecule has 0 unspecified atom stereocenters. The van der Waals surface area contributed by atoms with Crippen LogP contribution in [0.2, 0.25) is 10.0 Å². The molecule has 0 aliphatic rings. The van der Waals surface area contributed by atoms with Gasteiger partial charge in [0.05, 0.1) is 16.5 Å². The van der Waals surface area contributed by atoms with Gasteiger partial charge < -0.3 is 9.84 Å². The molecule has 0 fully saturated rings. The molecule has 132 valence electrons. The molecule has 3 aromatic carbocycles. The first-order valence-corrected chi connectivity index (χ1v) is 8.75. The summed E-state index contributed by atoms with van der Waals surface area (Å²) in [6.45, 7) is 0.401. The van der Waals surface area contributed by atoms with Crippen molar-refractivity contribution in [2.24, 2.45) is 0 Å². The van der Waals surface area contributed by atoms with E-state index in [1.54, 1.807) is 18.2 Å². The average molecular weight is 387 g/mol. The van der Waals surface area contributed by atoms with Crippen molar-refractivity contribution in [3.05, 3.63) is 87.9 Å². The zero-order chi connectivity index (χ0) is 18.5. The van der Waals surface area contributed by atoms with E-state index in [0.29, 0.717) is 28.0 Å². The van der Waals surface area contributed by atoms with E-state index in [9.17, 15) is 4.79 Å². The van der Waals surface area contributed by atoms with Gasteiger partial charge in [0.1, 0.15) is 12.4 Å². The van der Waals surface area contributed by atoms with Crippen molar-refractivity contribution in [2.45, 2.75) is 13.0 Å². The van der Waals surface area contributed by atoms with Crippen LogP contribution in [0.5, 0.6) is 5.75 Å². The smallest absolute Gasteiger partial charge is 0.307 e. The second-order valence-corrected chi connectivity index (χ2v) is 6.65. The SMILES string of the molecule is O=C(O)Cc1cc(OCc2ccccc2)cc(-c2ccc(Cl)c(Cl)c2)c1. The number of rotatable bonds is 6. The monoisotopic (exact) mass is 386 g/mol. The minimum Gasteiger partial charge on any atom is -0.489 e. The first-order chi connectivity index (χ1) is 12.5. The summed E-state index contributed by atoms with van der Waals surface area (Å²) < 4.78 is 5.88. The number of carbonyl (C=O) groups is 1. The van der Waals surface area contributed by atoms with Crippen molar-refractivity contribution in [1.82, 2.24) is 0 Å². The first kappa shape index (κ1) is 18.3. The minimum absolute atomic E-state index is 0.0864. The van der Waals surface area contributed by atoms with Crippen LogP contribution < -0.4 is 4.74 Å². The van der Waals surface area contributed by atoms with Gasteiger partial charge in [-0.05, 0) is 46.5 Å². The molecule has 3 nitrogen and oxygen atoms in total. The van der Waals surface area contributed by atoms with E-state index in [2.05, 4.69) is 0 Å². The predicted molar refractivity (Wildman–Crippen MR) is 104 cm³/mol. The van der Waals surface area contributed by atoms with Crippen LogP contribution in [-0.4, -0.2) is 11.1 Å². The third-order valence-corrected chi connectivity index (χ3v) is 4.56. The van der Waals surface area contributed by atoms with Crippen LogP contribution in [0.3, 0.4) is 0 Å². The standard InChI is InChI=1S/C21H16Cl2O3/c22-19-7-6-16(12-20(19)23)17-8-15(10-21(24)25)9-18(11-17)26-13-14-4-2-1-3-5-14/h1-9,11-12H,10,13H2,(H,24,25). The molecule has 0 saturated carbocycles. The summed E-state index contributed by atoms with van der Waals surface area (Å²) in [6, 6.07) is 20.5. The molecule has 1 N–H and O–H groups in total. The Morgan fingerprint density at radius 2 is 1.62 bits per heavy atom. The average Bonchev–Trinajstić information content (AvgIpc) is 2.62. The number of benzene rings is 3. The molecule has 0 bridgehead atoms. The molecule has 0 saturated heterocycles. The molecule has 0 aromatic heterocycles. The van der Waals surface area contributed by atoms with Gasteiger partial charge in [-0.2, -0.15) is 0 Å². The maximum absolute atomic E-state index is 11.1. The van der Waals surface area contributed by atoms with Crippen LogP contribution in [-0.2, 0) is 17.8 Å². The number of hydrogen-bond donors (Lipinski definition) is 1. The molecular formula is C21H16Cl2O3. The fourth-order valence-corrected chi connectivity index (χ4v) is 2.90. The molecule has 3 aromatic rings. The largest absolute Gasteiger partial charge is 0.489 e. The topological polar surface area (TPSA) is 46.5 Å². The summed E-state index contributed by atoms with van der Waals surface area (Å²) in [6.07, 6.45) is -0.0864. The Morgan fingerprint density at radius 3 is 2.31 bits per heavy atom. The third kappa shape index (κ3) is 4.78. The van der Waals surface area contributed by atoms with Crippen LogP contribution in [0.25, 0.3) is 11.1 Å². The normalized spacial score (nSPS) is 10.5. The Balaban J connectivity index is 1.92. The van der Waals surface area contributed by atoms with Crippen molar-refractivity contribution in [1.29, 1.82) is 0 Å². The van der Waals surface area contributed by atoms with E-state index in [0.717, 1.165) is 16.7 Å². The third-order valence-electron chi connectivity index (χ3n) is 3.82. The van der Waals surface area contributed by atoms with Crippen molar-refractivity contribution < 1.29 is 14.6 Å². The van der Waals surface area contributed by atoms with Gasteiger partial charge in [-0.3, -0.25) is 4.79 Å². The molecule has 0 atom stereocenters. The molecule has 26 heavy (non-hydrogen) atoms. The van der Waals surface area contributed by atoms with Crippen molar-refractivity contribution >= 4 is 29.2 Å². The van der Waals surface area contributed by atoms with E-state index >= 15 is 0 Å². The Hall–Kier alpha value is -2.49. The maximum Gasteiger partial charge on any atom is 0.307 e. The highest BCUT2D eigenvalue weighted by Gasteiger charge is 2.09. The van der Waals surface area contributed by atoms with Gasteiger partial charge in [-0.25, -0.2) is 0 Å². The van der Waals surface area contributed by atoms with Crippen molar-refractivity contribution in [3.63, 3.8) is 0 Å². The van der Waals surface area contributed by atoms with E-state index in [-0.39, 0.29) is 6.42 Å². The molecule has 0 aliphatic heterocycles. The van der Waals surface area contributed by atoms with Crippen LogP contribution in [0.15, 0.2) is 66.7 Å². The second-order valence-electron chi connectivity index (χ2n) is 5.84. The van der Waals surface area contributed by atoms with Gasteiger partial charge >= 0.3 is 5.97 Å². The number of halogens is 2. The van der Waals surface area contributed by atoms with E-state index in [4.69, 9.17) is 33.0 Å². The lowest BCUT2D eigenvalue weighted by atomic mass is 10.0. The minimum atomic E-state index is -0.898. The lowest BCUT2D eigenvalue weighted by molar-refractivity contribution is -0.136. The number of carboxylic acids is 1. The van der Waals surface area contributed by atoms with Crippen LogP contribution in [0.4, 0.5) is 0 Å². The Labute approximate surface area is 161 Å². The maximum atomic E-state index is 11.1. The summed E-state index contributed by atoms with van der Waals surface area (Å²) in [5, 5.41) is 10.0. The summed E-state index contributed by atoms with van der Waals surface area (Å²) >= 11 is 12.1. The van der Waals surface area contributed by atoms with Gasteiger partial charge in [0, 0.05) is 0 Å². The molecule has 0 heterocycles. The highest BCUT2D eigenvalue weighted by Crippen LogP contribution is 2.31. The molecule has 3 rings (SSSR count). The van der Waals surface area contributed by atoms with E-state index in [1.807, 2.05) is 48.5 Å². The summed E-state index contributed by atoms with van der Waals surface area (Å²) in [5.74, 6) is -0.293. The quantitative estimate of drug-likeness (QED) is 0.576. The van der Waals surface area contributed by atoms with Gasteiger partial charge in [0.2, 0.25) is 0 Å². The molecular weight excluding hydrogens is 371 g/mol.